The van der Waals surface area contributed by atoms with Crippen LogP contribution in [-0.4, -0.2) is 72.0 Å². The summed E-state index contributed by atoms with van der Waals surface area (Å²) in [5.74, 6) is -0.280. The standard InChI is InChI=1S/C18H26F3N3O3/c1-17(2,3)16(26)23-8-6-22(7-9-23)12-15(25)24(13-18(19,20)21)11-14-5-4-10-27-14/h4-5,10H,6-9,11-13H2,1-3H3. The zero-order valence-electron chi connectivity index (χ0n) is 15.9. The van der Waals surface area contributed by atoms with Crippen LogP contribution in [0.2, 0.25) is 0 Å². The molecule has 0 saturated carbocycles. The molecule has 27 heavy (non-hydrogen) atoms. The Hall–Kier alpha value is -2.03. The van der Waals surface area contributed by atoms with Gasteiger partial charge in [-0.05, 0) is 12.1 Å². The normalized spacial score (nSPS) is 16.4. The Morgan fingerprint density at radius 2 is 1.78 bits per heavy atom. The van der Waals surface area contributed by atoms with Crippen molar-refractivity contribution in [2.24, 2.45) is 5.41 Å². The molecule has 0 aliphatic carbocycles. The highest BCUT2D eigenvalue weighted by Gasteiger charge is 2.35. The van der Waals surface area contributed by atoms with E-state index in [2.05, 4.69) is 0 Å². The molecule has 0 aromatic carbocycles. The smallest absolute Gasteiger partial charge is 0.406 e. The minimum absolute atomic E-state index is 0.0324. The minimum atomic E-state index is -4.49. The van der Waals surface area contributed by atoms with Crippen LogP contribution in [0.1, 0.15) is 26.5 Å². The van der Waals surface area contributed by atoms with Crippen molar-refractivity contribution >= 4 is 11.8 Å². The van der Waals surface area contributed by atoms with E-state index in [9.17, 15) is 22.8 Å². The Labute approximate surface area is 156 Å². The van der Waals surface area contributed by atoms with E-state index in [0.717, 1.165) is 4.90 Å². The number of rotatable bonds is 5. The van der Waals surface area contributed by atoms with Crippen molar-refractivity contribution in [3.8, 4) is 0 Å². The molecule has 0 N–H and O–H groups in total. The van der Waals surface area contributed by atoms with Gasteiger partial charge in [-0.15, -0.1) is 0 Å². The molecular weight excluding hydrogens is 363 g/mol. The molecule has 0 atom stereocenters. The predicted octanol–water partition coefficient (Wildman–Crippen LogP) is 2.36. The van der Waals surface area contributed by atoms with Crippen LogP contribution in [0.3, 0.4) is 0 Å². The molecular formula is C18H26F3N3O3. The number of halogens is 3. The second-order valence-electron chi connectivity index (χ2n) is 7.76. The van der Waals surface area contributed by atoms with Gasteiger partial charge in [0.25, 0.3) is 0 Å². The molecule has 1 aromatic heterocycles. The van der Waals surface area contributed by atoms with Crippen molar-refractivity contribution in [3.63, 3.8) is 0 Å². The molecule has 2 rings (SSSR count). The third kappa shape index (κ3) is 6.57. The molecule has 0 radical (unpaired) electrons. The molecule has 1 fully saturated rings. The third-order valence-corrected chi connectivity index (χ3v) is 4.31. The molecule has 2 amide bonds. The first-order valence-corrected chi connectivity index (χ1v) is 8.84. The Morgan fingerprint density at radius 3 is 2.26 bits per heavy atom. The highest BCUT2D eigenvalue weighted by atomic mass is 19.4. The van der Waals surface area contributed by atoms with Gasteiger partial charge in [0.05, 0.1) is 19.4 Å². The van der Waals surface area contributed by atoms with Crippen molar-refractivity contribution in [3.05, 3.63) is 24.2 Å². The van der Waals surface area contributed by atoms with E-state index in [4.69, 9.17) is 4.42 Å². The number of alkyl halides is 3. The summed E-state index contributed by atoms with van der Waals surface area (Å²) in [6, 6.07) is 3.10. The van der Waals surface area contributed by atoms with E-state index in [0.29, 0.717) is 31.9 Å². The number of hydrogen-bond acceptors (Lipinski definition) is 4. The molecule has 0 spiro atoms. The number of amides is 2. The molecule has 1 aliphatic rings. The summed E-state index contributed by atoms with van der Waals surface area (Å²) < 4.78 is 43.6. The van der Waals surface area contributed by atoms with Gasteiger partial charge in [0.15, 0.2) is 0 Å². The monoisotopic (exact) mass is 389 g/mol. The molecule has 0 bridgehead atoms. The van der Waals surface area contributed by atoms with Gasteiger partial charge in [0.2, 0.25) is 11.8 Å². The molecule has 1 saturated heterocycles. The van der Waals surface area contributed by atoms with Crippen LogP contribution < -0.4 is 0 Å². The fraction of sp³-hybridized carbons (Fsp3) is 0.667. The molecule has 2 heterocycles. The number of hydrogen-bond donors (Lipinski definition) is 0. The van der Waals surface area contributed by atoms with Crippen molar-refractivity contribution in [2.75, 3.05) is 39.3 Å². The van der Waals surface area contributed by atoms with Crippen LogP contribution in [0.15, 0.2) is 22.8 Å². The molecule has 0 unspecified atom stereocenters. The van der Waals surface area contributed by atoms with E-state index in [1.54, 1.807) is 15.9 Å². The van der Waals surface area contributed by atoms with Crippen LogP contribution in [0.25, 0.3) is 0 Å². The lowest BCUT2D eigenvalue weighted by molar-refractivity contribution is -0.163. The number of carbonyl (C=O) groups excluding carboxylic acids is 2. The van der Waals surface area contributed by atoms with Crippen molar-refractivity contribution in [2.45, 2.75) is 33.5 Å². The average molecular weight is 389 g/mol. The first kappa shape index (κ1) is 21.3. The van der Waals surface area contributed by atoms with Gasteiger partial charge >= 0.3 is 6.18 Å². The number of furan rings is 1. The highest BCUT2D eigenvalue weighted by Crippen LogP contribution is 2.20. The zero-order chi connectivity index (χ0) is 20.2. The summed E-state index contributed by atoms with van der Waals surface area (Å²) in [6.07, 6.45) is -3.13. The summed E-state index contributed by atoms with van der Waals surface area (Å²) in [5, 5.41) is 0. The Morgan fingerprint density at radius 1 is 1.15 bits per heavy atom. The first-order chi connectivity index (χ1) is 12.5. The number of nitrogens with zero attached hydrogens (tertiary/aromatic N) is 3. The van der Waals surface area contributed by atoms with E-state index < -0.39 is 24.0 Å². The highest BCUT2D eigenvalue weighted by molar-refractivity contribution is 5.81. The second-order valence-corrected chi connectivity index (χ2v) is 7.76. The van der Waals surface area contributed by atoms with E-state index >= 15 is 0 Å². The summed E-state index contributed by atoms with van der Waals surface area (Å²) in [6.45, 7) is 5.68. The van der Waals surface area contributed by atoms with Crippen molar-refractivity contribution in [1.29, 1.82) is 0 Å². The van der Waals surface area contributed by atoms with Crippen LogP contribution in [0.5, 0.6) is 0 Å². The summed E-state index contributed by atoms with van der Waals surface area (Å²) in [5.41, 5.74) is -0.482. The quantitative estimate of drug-likeness (QED) is 0.776. The van der Waals surface area contributed by atoms with Gasteiger partial charge in [-0.25, -0.2) is 0 Å². The SMILES string of the molecule is CC(C)(C)C(=O)N1CCN(CC(=O)N(Cc2ccco2)CC(F)(F)F)CC1. The number of carbonyl (C=O) groups is 2. The molecule has 6 nitrogen and oxygen atoms in total. The maximum Gasteiger partial charge on any atom is 0.406 e. The van der Waals surface area contributed by atoms with Gasteiger partial charge in [-0.2, -0.15) is 13.2 Å². The van der Waals surface area contributed by atoms with Gasteiger partial charge in [-0.3, -0.25) is 14.5 Å². The topological polar surface area (TPSA) is 57.0 Å². The van der Waals surface area contributed by atoms with Crippen LogP contribution >= 0.6 is 0 Å². The van der Waals surface area contributed by atoms with Crippen molar-refractivity contribution in [1.82, 2.24) is 14.7 Å². The lowest BCUT2D eigenvalue weighted by atomic mass is 9.94. The van der Waals surface area contributed by atoms with Crippen molar-refractivity contribution < 1.29 is 27.2 Å². The van der Waals surface area contributed by atoms with Gasteiger partial charge in [-0.1, -0.05) is 20.8 Å². The maximum absolute atomic E-state index is 12.8. The Kier molecular flexibility index (Phi) is 6.56. The largest absolute Gasteiger partial charge is 0.467 e. The summed E-state index contributed by atoms with van der Waals surface area (Å²) >= 11 is 0. The second kappa shape index (κ2) is 8.33. The van der Waals surface area contributed by atoms with Crippen LogP contribution in [-0.2, 0) is 16.1 Å². The predicted molar refractivity (Wildman–Crippen MR) is 92.7 cm³/mol. The van der Waals surface area contributed by atoms with Gasteiger partial charge in [0.1, 0.15) is 12.3 Å². The molecule has 1 aromatic rings. The molecule has 152 valence electrons. The average Bonchev–Trinajstić information content (AvgIpc) is 3.05. The van der Waals surface area contributed by atoms with E-state index in [1.165, 1.54) is 12.3 Å². The maximum atomic E-state index is 12.8. The fourth-order valence-corrected chi connectivity index (χ4v) is 2.91. The lowest BCUT2D eigenvalue weighted by Gasteiger charge is -2.38. The number of piperazine rings is 1. The fourth-order valence-electron chi connectivity index (χ4n) is 2.91. The van der Waals surface area contributed by atoms with E-state index in [-0.39, 0.29) is 19.0 Å². The Bertz CT molecular complexity index is 631. The van der Waals surface area contributed by atoms with Gasteiger partial charge in [0, 0.05) is 31.6 Å². The molecule has 9 heteroatoms. The third-order valence-electron chi connectivity index (χ3n) is 4.31. The summed E-state index contributed by atoms with van der Waals surface area (Å²) in [7, 11) is 0. The Balaban J connectivity index is 1.92. The zero-order valence-corrected chi connectivity index (χ0v) is 15.9. The minimum Gasteiger partial charge on any atom is -0.467 e. The van der Waals surface area contributed by atoms with Gasteiger partial charge < -0.3 is 14.2 Å². The first-order valence-electron chi connectivity index (χ1n) is 8.84. The molecule has 1 aliphatic heterocycles. The van der Waals surface area contributed by atoms with Crippen LogP contribution in [0.4, 0.5) is 13.2 Å². The van der Waals surface area contributed by atoms with Crippen LogP contribution in [0, 0.1) is 5.41 Å². The lowest BCUT2D eigenvalue weighted by Crippen LogP contribution is -2.54. The van der Waals surface area contributed by atoms with E-state index in [1.807, 2.05) is 20.8 Å². The summed E-state index contributed by atoms with van der Waals surface area (Å²) in [4.78, 5) is 29.0.